The standard InChI is InChI=1S/C19H27N5O4S2/c1-3-4-9-24-18(15-5-7-16(8-6-15)22-30(2,26)27)20-21-19(24)29-14-17(25)23-10-12-28-13-11-23/h5-8,22H,3-4,9-14H2,1-2H3. The van der Waals surface area contributed by atoms with E-state index in [1.165, 1.54) is 11.8 Å². The van der Waals surface area contributed by atoms with Crippen molar-refractivity contribution in [2.24, 2.45) is 0 Å². The van der Waals surface area contributed by atoms with Gasteiger partial charge in [-0.15, -0.1) is 10.2 Å². The number of hydrogen-bond donors (Lipinski definition) is 1. The topological polar surface area (TPSA) is 106 Å². The molecule has 1 aromatic carbocycles. The molecule has 0 atom stereocenters. The largest absolute Gasteiger partial charge is 0.378 e. The molecule has 9 nitrogen and oxygen atoms in total. The van der Waals surface area contributed by atoms with Gasteiger partial charge in [0, 0.05) is 30.9 Å². The number of amides is 1. The first-order valence-electron chi connectivity index (χ1n) is 9.87. The Balaban J connectivity index is 1.75. The zero-order valence-corrected chi connectivity index (χ0v) is 18.8. The summed E-state index contributed by atoms with van der Waals surface area (Å²) in [6, 6.07) is 7.02. The van der Waals surface area contributed by atoms with Crippen molar-refractivity contribution in [3.05, 3.63) is 24.3 Å². The molecule has 0 saturated carbocycles. The third-order valence-electron chi connectivity index (χ3n) is 4.59. The number of ether oxygens (including phenoxy) is 1. The van der Waals surface area contributed by atoms with Gasteiger partial charge in [0.15, 0.2) is 11.0 Å². The fourth-order valence-electron chi connectivity index (χ4n) is 3.06. The summed E-state index contributed by atoms with van der Waals surface area (Å²) in [5.74, 6) is 1.09. The fraction of sp³-hybridized carbons (Fsp3) is 0.526. The molecule has 1 amide bonds. The quantitative estimate of drug-likeness (QED) is 0.579. The number of nitrogens with one attached hydrogen (secondary N) is 1. The van der Waals surface area contributed by atoms with E-state index in [-0.39, 0.29) is 5.91 Å². The number of carbonyl (C=O) groups is 1. The summed E-state index contributed by atoms with van der Waals surface area (Å²) in [7, 11) is -3.33. The van der Waals surface area contributed by atoms with E-state index in [2.05, 4.69) is 21.8 Å². The van der Waals surface area contributed by atoms with Crippen LogP contribution in [-0.4, -0.2) is 72.3 Å². The van der Waals surface area contributed by atoms with Gasteiger partial charge in [0.25, 0.3) is 0 Å². The van der Waals surface area contributed by atoms with Crippen LogP contribution in [0.15, 0.2) is 29.4 Å². The smallest absolute Gasteiger partial charge is 0.233 e. The average Bonchev–Trinajstić information content (AvgIpc) is 3.13. The second kappa shape index (κ2) is 10.3. The SMILES string of the molecule is CCCCn1c(SCC(=O)N2CCOCC2)nnc1-c1ccc(NS(C)(=O)=O)cc1. The molecule has 164 valence electrons. The van der Waals surface area contributed by atoms with E-state index in [9.17, 15) is 13.2 Å². The Morgan fingerprint density at radius 2 is 1.90 bits per heavy atom. The van der Waals surface area contributed by atoms with Crippen LogP contribution in [0.25, 0.3) is 11.4 Å². The van der Waals surface area contributed by atoms with Gasteiger partial charge in [0.1, 0.15) is 0 Å². The summed E-state index contributed by atoms with van der Waals surface area (Å²) in [5.41, 5.74) is 1.33. The molecule has 0 aliphatic carbocycles. The molecule has 1 fully saturated rings. The molecule has 0 unspecified atom stereocenters. The van der Waals surface area contributed by atoms with Crippen molar-refractivity contribution in [3.8, 4) is 11.4 Å². The van der Waals surface area contributed by atoms with Gasteiger partial charge < -0.3 is 14.2 Å². The van der Waals surface area contributed by atoms with E-state index < -0.39 is 10.0 Å². The van der Waals surface area contributed by atoms with E-state index in [1.54, 1.807) is 12.1 Å². The lowest BCUT2D eigenvalue weighted by atomic mass is 10.2. The molecule has 1 N–H and O–H groups in total. The number of aromatic nitrogens is 3. The molecule has 0 spiro atoms. The van der Waals surface area contributed by atoms with E-state index in [0.29, 0.717) is 48.7 Å². The number of morpholine rings is 1. The zero-order chi connectivity index (χ0) is 21.6. The molecule has 2 aromatic rings. The minimum absolute atomic E-state index is 0.0751. The van der Waals surface area contributed by atoms with Crippen LogP contribution in [0, 0.1) is 0 Å². The molecule has 1 saturated heterocycles. The number of hydrogen-bond acceptors (Lipinski definition) is 7. The number of unbranched alkanes of at least 4 members (excludes halogenated alkanes) is 1. The molecule has 1 aliphatic heterocycles. The zero-order valence-electron chi connectivity index (χ0n) is 17.2. The number of nitrogens with zero attached hydrogens (tertiary/aromatic N) is 4. The monoisotopic (exact) mass is 453 g/mol. The Labute approximate surface area is 181 Å². The van der Waals surface area contributed by atoms with Crippen molar-refractivity contribution in [2.45, 2.75) is 31.5 Å². The van der Waals surface area contributed by atoms with Gasteiger partial charge in [0.05, 0.1) is 25.2 Å². The van der Waals surface area contributed by atoms with Crippen molar-refractivity contribution >= 4 is 33.4 Å². The molecule has 30 heavy (non-hydrogen) atoms. The van der Waals surface area contributed by atoms with Crippen molar-refractivity contribution in [1.82, 2.24) is 19.7 Å². The van der Waals surface area contributed by atoms with Gasteiger partial charge in [-0.1, -0.05) is 25.1 Å². The second-order valence-corrected chi connectivity index (χ2v) is 9.74. The van der Waals surface area contributed by atoms with Crippen molar-refractivity contribution in [1.29, 1.82) is 0 Å². The lowest BCUT2D eigenvalue weighted by Crippen LogP contribution is -2.41. The average molecular weight is 454 g/mol. The van der Waals surface area contributed by atoms with Crippen LogP contribution < -0.4 is 4.72 Å². The Kier molecular flexibility index (Phi) is 7.73. The molecule has 2 heterocycles. The molecule has 1 aliphatic rings. The highest BCUT2D eigenvalue weighted by Gasteiger charge is 2.20. The summed E-state index contributed by atoms with van der Waals surface area (Å²) >= 11 is 1.39. The first-order chi connectivity index (χ1) is 14.4. The number of thioether (sulfide) groups is 1. The summed E-state index contributed by atoms with van der Waals surface area (Å²) in [6.07, 6.45) is 3.10. The predicted molar refractivity (Wildman–Crippen MR) is 117 cm³/mol. The van der Waals surface area contributed by atoms with E-state index in [4.69, 9.17) is 4.74 Å². The van der Waals surface area contributed by atoms with Crippen LogP contribution >= 0.6 is 11.8 Å². The number of rotatable bonds is 9. The third kappa shape index (κ3) is 6.19. The second-order valence-electron chi connectivity index (χ2n) is 7.04. The maximum atomic E-state index is 12.5. The number of carbonyl (C=O) groups excluding carboxylic acids is 1. The first-order valence-corrected chi connectivity index (χ1v) is 12.7. The maximum Gasteiger partial charge on any atom is 0.233 e. The molecule has 0 radical (unpaired) electrons. The van der Waals surface area contributed by atoms with Gasteiger partial charge >= 0.3 is 0 Å². The van der Waals surface area contributed by atoms with Crippen molar-refractivity contribution < 1.29 is 17.9 Å². The van der Waals surface area contributed by atoms with Gasteiger partial charge in [-0.3, -0.25) is 9.52 Å². The van der Waals surface area contributed by atoms with Gasteiger partial charge in [-0.05, 0) is 30.7 Å². The van der Waals surface area contributed by atoms with Crippen LogP contribution in [0.4, 0.5) is 5.69 Å². The summed E-state index contributed by atoms with van der Waals surface area (Å²) < 4.78 is 32.6. The molecule has 3 rings (SSSR count). The maximum absolute atomic E-state index is 12.5. The summed E-state index contributed by atoms with van der Waals surface area (Å²) in [4.78, 5) is 14.3. The van der Waals surface area contributed by atoms with Crippen LogP contribution in [0.1, 0.15) is 19.8 Å². The lowest BCUT2D eigenvalue weighted by Gasteiger charge is -2.26. The minimum atomic E-state index is -3.33. The Hall–Kier alpha value is -2.11. The van der Waals surface area contributed by atoms with E-state index in [1.807, 2.05) is 21.6 Å². The lowest BCUT2D eigenvalue weighted by molar-refractivity contribution is -0.132. The predicted octanol–water partition coefficient (Wildman–Crippen LogP) is 2.07. The number of sulfonamides is 1. The number of benzene rings is 1. The summed E-state index contributed by atoms with van der Waals surface area (Å²) in [5, 5.41) is 9.36. The van der Waals surface area contributed by atoms with Crippen LogP contribution in [0.3, 0.4) is 0 Å². The fourth-order valence-corrected chi connectivity index (χ4v) is 4.49. The molecule has 0 bridgehead atoms. The highest BCUT2D eigenvalue weighted by Crippen LogP contribution is 2.26. The first kappa shape index (κ1) is 22.6. The molecule has 11 heteroatoms. The van der Waals surface area contributed by atoms with Crippen LogP contribution in [-0.2, 0) is 26.1 Å². The van der Waals surface area contributed by atoms with E-state index >= 15 is 0 Å². The Morgan fingerprint density at radius 3 is 2.53 bits per heavy atom. The molecular formula is C19H27N5O4S2. The Bertz CT molecular complexity index is 954. The van der Waals surface area contributed by atoms with Crippen LogP contribution in [0.2, 0.25) is 0 Å². The van der Waals surface area contributed by atoms with Crippen molar-refractivity contribution in [3.63, 3.8) is 0 Å². The molecule has 1 aromatic heterocycles. The highest BCUT2D eigenvalue weighted by molar-refractivity contribution is 7.99. The normalized spacial score (nSPS) is 14.7. The van der Waals surface area contributed by atoms with Gasteiger partial charge in [-0.2, -0.15) is 0 Å². The number of anilines is 1. The third-order valence-corrected chi connectivity index (χ3v) is 6.15. The van der Waals surface area contributed by atoms with E-state index in [0.717, 1.165) is 31.2 Å². The minimum Gasteiger partial charge on any atom is -0.378 e. The Morgan fingerprint density at radius 1 is 1.20 bits per heavy atom. The van der Waals surface area contributed by atoms with Gasteiger partial charge in [-0.25, -0.2) is 8.42 Å². The van der Waals surface area contributed by atoms with Crippen molar-refractivity contribution in [2.75, 3.05) is 43.0 Å². The highest BCUT2D eigenvalue weighted by atomic mass is 32.2. The van der Waals surface area contributed by atoms with Gasteiger partial charge in [0.2, 0.25) is 15.9 Å². The molecular weight excluding hydrogens is 426 g/mol. The summed E-state index contributed by atoms with van der Waals surface area (Å²) in [6.45, 7) is 5.28. The van der Waals surface area contributed by atoms with Crippen LogP contribution in [0.5, 0.6) is 0 Å².